The Kier molecular flexibility index (Phi) is 6.01. The zero-order chi connectivity index (χ0) is 20.2. The fourth-order valence-electron chi connectivity index (χ4n) is 2.28. The van der Waals surface area contributed by atoms with Crippen molar-refractivity contribution in [2.24, 2.45) is 10.8 Å². The summed E-state index contributed by atoms with van der Waals surface area (Å²) in [6.45, 7) is 1.36. The highest BCUT2D eigenvalue weighted by molar-refractivity contribution is 6.65. The topological polar surface area (TPSA) is 109 Å². The summed E-state index contributed by atoms with van der Waals surface area (Å²) in [5.41, 5.74) is 6.01. The number of carbonyl (C=O) groups excluding carboxylic acids is 1. The maximum Gasteiger partial charge on any atom is 0.416 e. The Hall–Kier alpha value is -3.14. The molecule has 0 spiro atoms. The maximum atomic E-state index is 13.5. The lowest BCUT2D eigenvalue weighted by Crippen LogP contribution is -2.72. The Morgan fingerprint density at radius 3 is 2.59 bits per heavy atom. The molecule has 2 rings (SSSR count). The van der Waals surface area contributed by atoms with Gasteiger partial charge in [0.15, 0.2) is 5.69 Å². The van der Waals surface area contributed by atoms with Crippen molar-refractivity contribution in [3.8, 4) is 0 Å². The first-order chi connectivity index (χ1) is 12.6. The summed E-state index contributed by atoms with van der Waals surface area (Å²) in [5, 5.41) is 11.3. The summed E-state index contributed by atoms with van der Waals surface area (Å²) in [7, 11) is 0. The lowest BCUT2D eigenvalue weighted by Gasteiger charge is -2.09. The molecule has 0 bridgehead atoms. The van der Waals surface area contributed by atoms with Crippen molar-refractivity contribution in [2.75, 3.05) is 0 Å². The molecule has 1 heterocycles. The van der Waals surface area contributed by atoms with E-state index in [0.29, 0.717) is 17.4 Å². The van der Waals surface area contributed by atoms with Crippen LogP contribution in [-0.2, 0) is 17.4 Å². The number of aromatic nitrogens is 1. The number of nitrogens with two attached hydrogens (primary N) is 2. The monoisotopic (exact) mass is 382 g/mol. The predicted octanol–water partition coefficient (Wildman–Crippen LogP) is 1.91. The average molecular weight is 382 g/mol. The lowest BCUT2D eigenvalue weighted by molar-refractivity contribution is -0.577. The van der Waals surface area contributed by atoms with E-state index < -0.39 is 23.5 Å². The molecule has 142 valence electrons. The van der Waals surface area contributed by atoms with E-state index in [0.717, 1.165) is 12.1 Å². The fourth-order valence-corrected chi connectivity index (χ4v) is 2.28. The molecule has 0 saturated heterocycles. The van der Waals surface area contributed by atoms with E-state index >= 15 is 0 Å². The second kappa shape index (κ2) is 8.04. The van der Waals surface area contributed by atoms with Gasteiger partial charge in [0.1, 0.15) is 5.82 Å². The Morgan fingerprint density at radius 2 is 2.00 bits per heavy atom. The van der Waals surface area contributed by atoms with Gasteiger partial charge in [-0.25, -0.2) is 4.39 Å². The third kappa shape index (κ3) is 5.68. The molecule has 1 aromatic carbocycles. The molecule has 0 atom stereocenters. The third-order valence-corrected chi connectivity index (χ3v) is 3.44. The molecule has 1 aromatic heterocycles. The van der Waals surface area contributed by atoms with Gasteiger partial charge in [0.25, 0.3) is 5.91 Å². The smallest absolute Gasteiger partial charge is 0.364 e. The molecule has 27 heavy (non-hydrogen) atoms. The van der Waals surface area contributed by atoms with Gasteiger partial charge in [-0.05, 0) is 30.7 Å². The SMILES string of the molecule is CC(=N)/C(=N\[NH2+]c1ccnc(Cc2cc(F)cc(C(F)(F)F)c2)c1)C(N)=O. The predicted molar refractivity (Wildman–Crippen MR) is 90.1 cm³/mol. The van der Waals surface area contributed by atoms with Crippen molar-refractivity contribution in [3.05, 3.63) is 59.2 Å². The van der Waals surface area contributed by atoms with E-state index in [1.807, 2.05) is 0 Å². The van der Waals surface area contributed by atoms with E-state index in [1.54, 1.807) is 6.07 Å². The number of alkyl halides is 3. The second-order valence-corrected chi connectivity index (χ2v) is 5.70. The zero-order valence-electron chi connectivity index (χ0n) is 14.1. The van der Waals surface area contributed by atoms with Crippen LogP contribution in [0.15, 0.2) is 41.6 Å². The van der Waals surface area contributed by atoms with E-state index in [2.05, 4.69) is 10.1 Å². The highest BCUT2D eigenvalue weighted by Crippen LogP contribution is 2.30. The van der Waals surface area contributed by atoms with Crippen LogP contribution in [0.25, 0.3) is 0 Å². The van der Waals surface area contributed by atoms with Gasteiger partial charge >= 0.3 is 6.18 Å². The van der Waals surface area contributed by atoms with Crippen LogP contribution in [0.5, 0.6) is 0 Å². The standard InChI is InChI=1S/C17H15F4N5O/c1-9(22)15(16(23)27)26-25-13-2-3-24-14(8-13)6-10-4-11(17(19,20)21)7-12(18)5-10/h2-5,7-8,22H,6H2,1H3,(H2,23,27)(H,24,25)/p+1/b22-9?,26-15+. The summed E-state index contributed by atoms with van der Waals surface area (Å²) >= 11 is 0. The van der Waals surface area contributed by atoms with Gasteiger partial charge in [0.05, 0.1) is 17.0 Å². The van der Waals surface area contributed by atoms with Crippen LogP contribution in [-0.4, -0.2) is 22.3 Å². The highest BCUT2D eigenvalue weighted by Gasteiger charge is 2.31. The molecule has 1 amide bonds. The van der Waals surface area contributed by atoms with Crippen molar-refractivity contribution in [3.63, 3.8) is 0 Å². The first-order valence-corrected chi connectivity index (χ1v) is 7.64. The minimum Gasteiger partial charge on any atom is -0.364 e. The molecule has 10 heteroatoms. The molecular weight excluding hydrogens is 366 g/mol. The Balaban J connectivity index is 2.24. The number of hydrogen-bond acceptors (Lipinski definition) is 4. The molecule has 0 aliphatic carbocycles. The third-order valence-electron chi connectivity index (χ3n) is 3.44. The second-order valence-electron chi connectivity index (χ2n) is 5.70. The summed E-state index contributed by atoms with van der Waals surface area (Å²) in [6, 6.07) is 5.38. The van der Waals surface area contributed by atoms with Crippen molar-refractivity contribution in [1.82, 2.24) is 4.98 Å². The first kappa shape index (κ1) is 20.2. The van der Waals surface area contributed by atoms with E-state index in [9.17, 15) is 22.4 Å². The molecular formula is C17H16F4N5O+. The number of nitrogens with zero attached hydrogens (tertiary/aromatic N) is 2. The summed E-state index contributed by atoms with van der Waals surface area (Å²) in [5.74, 6) is -1.84. The number of nitrogens with one attached hydrogen (secondary N) is 1. The molecule has 0 fully saturated rings. The van der Waals surface area contributed by atoms with Gasteiger partial charge in [0, 0.05) is 24.8 Å². The van der Waals surface area contributed by atoms with Gasteiger partial charge in [-0.1, -0.05) is 5.10 Å². The van der Waals surface area contributed by atoms with Crippen LogP contribution in [0, 0.1) is 11.2 Å². The van der Waals surface area contributed by atoms with Crippen LogP contribution in [0.1, 0.15) is 23.7 Å². The molecule has 6 nitrogen and oxygen atoms in total. The van der Waals surface area contributed by atoms with Gasteiger partial charge in [-0.3, -0.25) is 9.78 Å². The van der Waals surface area contributed by atoms with Gasteiger partial charge in [0.2, 0.25) is 5.71 Å². The minimum absolute atomic E-state index is 0.0293. The number of primary amides is 1. The summed E-state index contributed by atoms with van der Waals surface area (Å²) in [4.78, 5) is 15.3. The summed E-state index contributed by atoms with van der Waals surface area (Å²) in [6.07, 6.45) is -3.27. The van der Waals surface area contributed by atoms with Gasteiger partial charge in [-0.15, -0.1) is 0 Å². The van der Waals surface area contributed by atoms with Crippen LogP contribution >= 0.6 is 0 Å². The number of rotatable bonds is 6. The van der Waals surface area contributed by atoms with Crippen molar-refractivity contribution >= 4 is 23.0 Å². The Labute approximate surface area is 151 Å². The minimum atomic E-state index is -4.65. The number of carbonyl (C=O) groups is 1. The van der Waals surface area contributed by atoms with Crippen molar-refractivity contribution in [1.29, 1.82) is 5.41 Å². The highest BCUT2D eigenvalue weighted by atomic mass is 19.4. The van der Waals surface area contributed by atoms with Crippen LogP contribution in [0.2, 0.25) is 0 Å². The molecule has 2 aromatic rings. The number of pyridine rings is 1. The van der Waals surface area contributed by atoms with E-state index in [1.165, 1.54) is 24.6 Å². The molecule has 5 N–H and O–H groups in total. The lowest BCUT2D eigenvalue weighted by atomic mass is 10.1. The number of hydrogen-bond donors (Lipinski definition) is 3. The van der Waals surface area contributed by atoms with Crippen LogP contribution in [0.4, 0.5) is 23.2 Å². The molecule has 0 aliphatic rings. The number of quaternary nitrogens is 1. The van der Waals surface area contributed by atoms with Crippen molar-refractivity contribution in [2.45, 2.75) is 19.5 Å². The van der Waals surface area contributed by atoms with E-state index in [-0.39, 0.29) is 23.4 Å². The number of benzene rings is 1. The Morgan fingerprint density at radius 1 is 1.30 bits per heavy atom. The molecule has 0 saturated carbocycles. The summed E-state index contributed by atoms with van der Waals surface area (Å²) < 4.78 is 51.9. The normalized spacial score (nSPS) is 12.1. The van der Waals surface area contributed by atoms with Crippen molar-refractivity contribution < 1.29 is 27.8 Å². The van der Waals surface area contributed by atoms with E-state index in [4.69, 9.17) is 11.1 Å². The Bertz CT molecular complexity index is 892. The molecule has 0 aliphatic heterocycles. The zero-order valence-corrected chi connectivity index (χ0v) is 14.1. The molecule has 0 unspecified atom stereocenters. The van der Waals surface area contributed by atoms with Gasteiger partial charge in [-0.2, -0.15) is 18.6 Å². The average Bonchev–Trinajstić information content (AvgIpc) is 2.53. The largest absolute Gasteiger partial charge is 0.416 e. The molecule has 0 radical (unpaired) electrons. The van der Waals surface area contributed by atoms with Gasteiger partial charge < -0.3 is 11.1 Å². The maximum absolute atomic E-state index is 13.5. The quantitative estimate of drug-likeness (QED) is 0.307. The fraction of sp³-hybridized carbons (Fsp3) is 0.176. The van der Waals surface area contributed by atoms with Crippen LogP contribution < -0.4 is 11.2 Å². The van der Waals surface area contributed by atoms with Crippen LogP contribution in [0.3, 0.4) is 0 Å². The number of halogens is 4. The number of amides is 1. The first-order valence-electron chi connectivity index (χ1n) is 7.64.